The highest BCUT2D eigenvalue weighted by molar-refractivity contribution is 7.92. The summed E-state index contributed by atoms with van der Waals surface area (Å²) in [5.41, 5.74) is 0. The Bertz CT molecular complexity index is 385. The smallest absolute Gasteiger partial charge is 0.303 e. The monoisotopic (exact) mass is 328 g/mol. The van der Waals surface area contributed by atoms with Gasteiger partial charge in [-0.2, -0.15) is 0 Å². The highest BCUT2D eigenvalue weighted by atomic mass is 32.2. The maximum atomic E-state index is 12.3. The maximum absolute atomic E-state index is 12.3. The van der Waals surface area contributed by atoms with Crippen molar-refractivity contribution < 1.29 is 19.2 Å². The minimum absolute atomic E-state index is 0.292. The first-order valence-electron chi connectivity index (χ1n) is 8.89. The summed E-state index contributed by atoms with van der Waals surface area (Å²) < 4.78 is 18.4. The summed E-state index contributed by atoms with van der Waals surface area (Å²) in [6, 6.07) is 0. The van der Waals surface area contributed by atoms with Gasteiger partial charge in [0, 0.05) is 12.3 Å². The normalized spacial score (nSPS) is 35.0. The minimum Gasteiger partial charge on any atom is -0.616 e. The van der Waals surface area contributed by atoms with Crippen molar-refractivity contribution in [1.29, 1.82) is 0 Å². The lowest BCUT2D eigenvalue weighted by molar-refractivity contribution is -0.137. The van der Waals surface area contributed by atoms with Gasteiger partial charge in [0.1, 0.15) is 11.0 Å². The highest BCUT2D eigenvalue weighted by Crippen LogP contribution is 2.47. The lowest BCUT2D eigenvalue weighted by Gasteiger charge is -2.28. The second kappa shape index (κ2) is 7.54. The zero-order chi connectivity index (χ0) is 15.5. The Hall–Kier alpha value is -0.260. The van der Waals surface area contributed by atoms with Gasteiger partial charge in [-0.3, -0.25) is 4.79 Å². The Morgan fingerprint density at radius 1 is 1.05 bits per heavy atom. The van der Waals surface area contributed by atoms with Crippen LogP contribution in [-0.4, -0.2) is 38.8 Å². The third-order valence-corrected chi connectivity index (χ3v) is 7.45. The van der Waals surface area contributed by atoms with E-state index in [1.54, 1.807) is 0 Å². The average molecular weight is 328 g/mol. The van der Waals surface area contributed by atoms with Crippen LogP contribution in [0, 0.1) is 11.8 Å². The summed E-state index contributed by atoms with van der Waals surface area (Å²) in [6.07, 6.45) is 10.9. The molecule has 5 heteroatoms. The minimum atomic E-state index is -0.691. The number of aliphatic carboxylic acids is 1. The quantitative estimate of drug-likeness (QED) is 0.494. The summed E-state index contributed by atoms with van der Waals surface area (Å²) in [5, 5.41) is 9.12. The fourth-order valence-corrected chi connectivity index (χ4v) is 5.94. The molecule has 5 unspecified atom stereocenters. The van der Waals surface area contributed by atoms with Crippen molar-refractivity contribution in [1.82, 2.24) is 0 Å². The summed E-state index contributed by atoms with van der Waals surface area (Å²) in [4.78, 5) is 10.5. The molecule has 5 atom stereocenters. The van der Waals surface area contributed by atoms with Crippen molar-refractivity contribution in [3.05, 3.63) is 0 Å². The van der Waals surface area contributed by atoms with Gasteiger partial charge in [-0.05, 0) is 44.4 Å². The van der Waals surface area contributed by atoms with Gasteiger partial charge in [-0.25, -0.2) is 0 Å². The molecule has 4 nitrogen and oxygen atoms in total. The Kier molecular flexibility index (Phi) is 5.69. The Balaban J connectivity index is 1.39. The van der Waals surface area contributed by atoms with E-state index in [9.17, 15) is 9.35 Å². The number of hydrogen-bond donors (Lipinski definition) is 1. The second-order valence-corrected chi connectivity index (χ2v) is 8.97. The van der Waals surface area contributed by atoms with Crippen molar-refractivity contribution in [2.24, 2.45) is 11.8 Å². The third-order valence-electron chi connectivity index (χ3n) is 5.52. The molecule has 2 bridgehead atoms. The molecule has 3 fully saturated rings. The van der Waals surface area contributed by atoms with E-state index in [1.165, 1.54) is 12.8 Å². The first-order chi connectivity index (χ1) is 10.6. The molecule has 0 aromatic carbocycles. The molecule has 2 heterocycles. The Morgan fingerprint density at radius 3 is 2.41 bits per heavy atom. The van der Waals surface area contributed by atoms with Gasteiger partial charge in [0.15, 0.2) is 0 Å². The van der Waals surface area contributed by atoms with Crippen LogP contribution in [0.5, 0.6) is 0 Å². The Morgan fingerprint density at radius 2 is 1.73 bits per heavy atom. The van der Waals surface area contributed by atoms with Gasteiger partial charge < -0.3 is 14.4 Å². The molecule has 3 aliphatic rings. The van der Waals surface area contributed by atoms with E-state index < -0.39 is 17.1 Å². The zero-order valence-corrected chi connectivity index (χ0v) is 14.1. The van der Waals surface area contributed by atoms with Crippen LogP contribution in [0.2, 0.25) is 0 Å². The predicted octanol–water partition coefficient (Wildman–Crippen LogP) is 3.12. The molecule has 0 radical (unpaired) electrons. The van der Waals surface area contributed by atoms with Gasteiger partial charge in [-0.15, -0.1) is 0 Å². The molecule has 1 aliphatic carbocycles. The summed E-state index contributed by atoms with van der Waals surface area (Å²) >= 11 is -0.634. The van der Waals surface area contributed by atoms with E-state index in [0.29, 0.717) is 35.7 Å². The highest BCUT2D eigenvalue weighted by Gasteiger charge is 2.51. The fraction of sp³-hybridized carbons (Fsp3) is 0.941. The second-order valence-electron chi connectivity index (χ2n) is 7.21. The first-order valence-corrected chi connectivity index (χ1v) is 10.3. The number of hydrogen-bond acceptors (Lipinski definition) is 3. The van der Waals surface area contributed by atoms with Crippen LogP contribution in [0.1, 0.15) is 64.2 Å². The van der Waals surface area contributed by atoms with Crippen LogP contribution in [0.3, 0.4) is 0 Å². The van der Waals surface area contributed by atoms with Crippen LogP contribution < -0.4 is 0 Å². The van der Waals surface area contributed by atoms with Gasteiger partial charge >= 0.3 is 5.97 Å². The molecular weight excluding hydrogens is 300 g/mol. The van der Waals surface area contributed by atoms with Crippen molar-refractivity contribution >= 4 is 17.1 Å². The molecule has 0 aromatic heterocycles. The van der Waals surface area contributed by atoms with Crippen LogP contribution in [0.4, 0.5) is 0 Å². The standard InChI is InChI=1S/C17H28O4S/c18-17(19)6-4-2-1-3-5-13-14(11-22(20)12-7-8-12)16-10-9-15(13)21-16/h12-16H,1-11H2,(H,18,19). The number of rotatable bonds is 10. The molecular formula is C17H28O4S. The van der Waals surface area contributed by atoms with Crippen molar-refractivity contribution in [3.8, 4) is 0 Å². The summed E-state index contributed by atoms with van der Waals surface area (Å²) in [6.45, 7) is 0. The van der Waals surface area contributed by atoms with Gasteiger partial charge in [0.2, 0.25) is 0 Å². The number of ether oxygens (including phenoxy) is 1. The average Bonchev–Trinajstić information content (AvgIpc) is 3.16. The van der Waals surface area contributed by atoms with E-state index in [1.807, 2.05) is 0 Å². The predicted molar refractivity (Wildman–Crippen MR) is 86.2 cm³/mol. The lowest BCUT2D eigenvalue weighted by atomic mass is 9.77. The van der Waals surface area contributed by atoms with Crippen LogP contribution in [-0.2, 0) is 20.7 Å². The van der Waals surface area contributed by atoms with Crippen LogP contribution >= 0.6 is 0 Å². The summed E-state index contributed by atoms with van der Waals surface area (Å²) in [7, 11) is 0. The topological polar surface area (TPSA) is 69.6 Å². The van der Waals surface area contributed by atoms with E-state index >= 15 is 0 Å². The van der Waals surface area contributed by atoms with Crippen LogP contribution in [0.25, 0.3) is 0 Å². The maximum Gasteiger partial charge on any atom is 0.303 e. The van der Waals surface area contributed by atoms with Crippen molar-refractivity contribution in [3.63, 3.8) is 0 Å². The number of unbranched alkanes of at least 4 members (excludes halogenated alkanes) is 3. The van der Waals surface area contributed by atoms with Crippen molar-refractivity contribution in [2.45, 2.75) is 81.7 Å². The van der Waals surface area contributed by atoms with Gasteiger partial charge in [0.25, 0.3) is 0 Å². The SMILES string of the molecule is O=C(O)CCCCCCC1C2CCC(O2)C1C[S+]([O-])C1CC1. The molecule has 0 spiro atoms. The molecule has 1 saturated carbocycles. The molecule has 126 valence electrons. The molecule has 0 amide bonds. The largest absolute Gasteiger partial charge is 0.616 e. The third kappa shape index (κ3) is 4.18. The first kappa shape index (κ1) is 16.6. The summed E-state index contributed by atoms with van der Waals surface area (Å²) in [5.74, 6) is 1.28. The van der Waals surface area contributed by atoms with E-state index in [-0.39, 0.29) is 0 Å². The number of fused-ring (bicyclic) bond motifs is 2. The molecule has 2 aliphatic heterocycles. The van der Waals surface area contributed by atoms with E-state index in [2.05, 4.69) is 0 Å². The fourth-order valence-electron chi connectivity index (χ4n) is 4.17. The molecule has 1 N–H and O–H groups in total. The Labute approximate surface area is 136 Å². The van der Waals surface area contributed by atoms with Gasteiger partial charge in [0.05, 0.1) is 12.2 Å². The lowest BCUT2D eigenvalue weighted by Crippen LogP contribution is -2.34. The number of carboxylic acids is 1. The molecule has 2 saturated heterocycles. The molecule has 3 rings (SSSR count). The number of carboxylic acid groups (broad SMARTS) is 1. The van der Waals surface area contributed by atoms with E-state index in [4.69, 9.17) is 9.84 Å². The molecule has 0 aromatic rings. The molecule has 22 heavy (non-hydrogen) atoms. The van der Waals surface area contributed by atoms with Gasteiger partial charge in [-0.1, -0.05) is 30.4 Å². The van der Waals surface area contributed by atoms with E-state index in [0.717, 1.165) is 50.7 Å². The number of carbonyl (C=O) groups is 1. The zero-order valence-electron chi connectivity index (χ0n) is 13.2. The van der Waals surface area contributed by atoms with Crippen molar-refractivity contribution in [2.75, 3.05) is 5.75 Å². The van der Waals surface area contributed by atoms with Crippen LogP contribution in [0.15, 0.2) is 0 Å².